The summed E-state index contributed by atoms with van der Waals surface area (Å²) >= 11 is 0. The standard InChI is InChI=1S/C19H18N2/c1-2-6-16-14(5-1)9-11-21-19(16)13-15-10-12-20-18-8-4-3-7-17(15)18/h1-8,10,12,19,21H,9,11,13H2. The van der Waals surface area contributed by atoms with Crippen LogP contribution in [0.3, 0.4) is 0 Å². The maximum atomic E-state index is 4.46. The number of nitrogens with zero attached hydrogens (tertiary/aromatic N) is 1. The van der Waals surface area contributed by atoms with Gasteiger partial charge in [0.05, 0.1) is 5.52 Å². The fourth-order valence-corrected chi connectivity index (χ4v) is 3.33. The van der Waals surface area contributed by atoms with Crippen LogP contribution in [-0.2, 0) is 12.8 Å². The number of fused-ring (bicyclic) bond motifs is 2. The van der Waals surface area contributed by atoms with Gasteiger partial charge in [0.25, 0.3) is 0 Å². The fourth-order valence-electron chi connectivity index (χ4n) is 3.33. The molecule has 0 saturated carbocycles. The highest BCUT2D eigenvalue weighted by atomic mass is 14.9. The van der Waals surface area contributed by atoms with E-state index in [9.17, 15) is 0 Å². The van der Waals surface area contributed by atoms with Crippen molar-refractivity contribution in [3.63, 3.8) is 0 Å². The predicted molar refractivity (Wildman–Crippen MR) is 86.3 cm³/mol. The maximum Gasteiger partial charge on any atom is 0.0704 e. The van der Waals surface area contributed by atoms with Gasteiger partial charge in [0, 0.05) is 17.6 Å². The topological polar surface area (TPSA) is 24.9 Å². The lowest BCUT2D eigenvalue weighted by molar-refractivity contribution is 0.503. The first-order valence-electron chi connectivity index (χ1n) is 7.55. The van der Waals surface area contributed by atoms with E-state index in [1.807, 2.05) is 12.3 Å². The Morgan fingerprint density at radius 3 is 2.86 bits per heavy atom. The number of para-hydroxylation sites is 1. The summed E-state index contributed by atoms with van der Waals surface area (Å²) < 4.78 is 0. The van der Waals surface area contributed by atoms with Crippen molar-refractivity contribution in [2.24, 2.45) is 0 Å². The zero-order valence-corrected chi connectivity index (χ0v) is 11.9. The molecule has 104 valence electrons. The minimum Gasteiger partial charge on any atom is -0.309 e. The first kappa shape index (κ1) is 12.5. The lowest BCUT2D eigenvalue weighted by Gasteiger charge is -2.27. The quantitative estimate of drug-likeness (QED) is 0.771. The predicted octanol–water partition coefficient (Wildman–Crippen LogP) is 3.66. The van der Waals surface area contributed by atoms with Crippen LogP contribution in [0.15, 0.2) is 60.8 Å². The van der Waals surface area contributed by atoms with Crippen LogP contribution in [0.4, 0.5) is 0 Å². The Morgan fingerprint density at radius 1 is 1.00 bits per heavy atom. The van der Waals surface area contributed by atoms with Gasteiger partial charge in [0.1, 0.15) is 0 Å². The van der Waals surface area contributed by atoms with E-state index < -0.39 is 0 Å². The van der Waals surface area contributed by atoms with Gasteiger partial charge in [-0.05, 0) is 48.2 Å². The van der Waals surface area contributed by atoms with Crippen molar-refractivity contribution in [1.29, 1.82) is 0 Å². The van der Waals surface area contributed by atoms with Gasteiger partial charge in [-0.3, -0.25) is 4.98 Å². The second-order valence-electron chi connectivity index (χ2n) is 5.65. The van der Waals surface area contributed by atoms with Crippen molar-refractivity contribution in [3.05, 3.63) is 77.5 Å². The number of benzene rings is 2. The lowest BCUT2D eigenvalue weighted by Crippen LogP contribution is -2.31. The largest absolute Gasteiger partial charge is 0.309 e. The maximum absolute atomic E-state index is 4.46. The van der Waals surface area contributed by atoms with Crippen LogP contribution >= 0.6 is 0 Å². The summed E-state index contributed by atoms with van der Waals surface area (Å²) in [6.07, 6.45) is 4.07. The Labute approximate surface area is 124 Å². The molecule has 3 aromatic rings. The molecule has 0 aliphatic carbocycles. The third-order valence-corrected chi connectivity index (χ3v) is 4.38. The number of pyridine rings is 1. The molecule has 1 unspecified atom stereocenters. The molecular formula is C19H18N2. The summed E-state index contributed by atoms with van der Waals surface area (Å²) in [6, 6.07) is 19.8. The van der Waals surface area contributed by atoms with E-state index in [-0.39, 0.29) is 0 Å². The fraction of sp³-hybridized carbons (Fsp3) is 0.211. The molecule has 0 spiro atoms. The van der Waals surface area contributed by atoms with E-state index >= 15 is 0 Å². The summed E-state index contributed by atoms with van der Waals surface area (Å²) in [5.41, 5.74) is 5.39. The second-order valence-corrected chi connectivity index (χ2v) is 5.65. The third kappa shape index (κ3) is 2.32. The molecule has 2 heterocycles. The summed E-state index contributed by atoms with van der Waals surface area (Å²) in [4.78, 5) is 4.46. The molecule has 0 radical (unpaired) electrons. The Morgan fingerprint density at radius 2 is 1.86 bits per heavy atom. The molecule has 1 atom stereocenters. The number of hydrogen-bond acceptors (Lipinski definition) is 2. The Bertz CT molecular complexity index is 774. The highest BCUT2D eigenvalue weighted by molar-refractivity contribution is 5.81. The number of hydrogen-bond donors (Lipinski definition) is 1. The molecule has 4 rings (SSSR count). The molecule has 2 aromatic carbocycles. The highest BCUT2D eigenvalue weighted by Gasteiger charge is 2.20. The van der Waals surface area contributed by atoms with Crippen LogP contribution in [-0.4, -0.2) is 11.5 Å². The van der Waals surface area contributed by atoms with Crippen molar-refractivity contribution in [2.75, 3.05) is 6.54 Å². The number of nitrogens with one attached hydrogen (secondary N) is 1. The molecule has 2 heteroatoms. The highest BCUT2D eigenvalue weighted by Crippen LogP contribution is 2.28. The average Bonchev–Trinajstić information content (AvgIpc) is 2.56. The molecule has 1 aliphatic rings. The van der Waals surface area contributed by atoms with Crippen molar-refractivity contribution in [3.8, 4) is 0 Å². The molecule has 1 N–H and O–H groups in total. The molecule has 1 aromatic heterocycles. The Hall–Kier alpha value is -2.19. The Balaban J connectivity index is 1.73. The number of aromatic nitrogens is 1. The zero-order chi connectivity index (χ0) is 14.1. The zero-order valence-electron chi connectivity index (χ0n) is 11.9. The minimum absolute atomic E-state index is 0.403. The molecule has 0 fully saturated rings. The van der Waals surface area contributed by atoms with Gasteiger partial charge in [0.2, 0.25) is 0 Å². The van der Waals surface area contributed by atoms with Crippen molar-refractivity contribution in [2.45, 2.75) is 18.9 Å². The van der Waals surface area contributed by atoms with E-state index in [4.69, 9.17) is 0 Å². The van der Waals surface area contributed by atoms with Crippen molar-refractivity contribution >= 4 is 10.9 Å². The van der Waals surface area contributed by atoms with Gasteiger partial charge >= 0.3 is 0 Å². The van der Waals surface area contributed by atoms with E-state index in [1.165, 1.54) is 22.1 Å². The summed E-state index contributed by atoms with van der Waals surface area (Å²) in [5.74, 6) is 0. The van der Waals surface area contributed by atoms with Crippen LogP contribution in [0.5, 0.6) is 0 Å². The first-order valence-corrected chi connectivity index (χ1v) is 7.55. The molecule has 1 aliphatic heterocycles. The summed E-state index contributed by atoms with van der Waals surface area (Å²) in [5, 5.41) is 4.94. The first-order chi connectivity index (χ1) is 10.4. The van der Waals surface area contributed by atoms with E-state index in [1.54, 1.807) is 0 Å². The smallest absolute Gasteiger partial charge is 0.0704 e. The van der Waals surface area contributed by atoms with Gasteiger partial charge < -0.3 is 5.32 Å². The van der Waals surface area contributed by atoms with Gasteiger partial charge in [-0.1, -0.05) is 42.5 Å². The van der Waals surface area contributed by atoms with Crippen molar-refractivity contribution < 1.29 is 0 Å². The number of rotatable bonds is 2. The molecule has 0 bridgehead atoms. The lowest BCUT2D eigenvalue weighted by atomic mass is 9.89. The van der Waals surface area contributed by atoms with Crippen molar-refractivity contribution in [1.82, 2.24) is 10.3 Å². The molecular weight excluding hydrogens is 256 g/mol. The normalized spacial score (nSPS) is 17.6. The van der Waals surface area contributed by atoms with Gasteiger partial charge in [-0.25, -0.2) is 0 Å². The van der Waals surface area contributed by atoms with Gasteiger partial charge in [-0.15, -0.1) is 0 Å². The van der Waals surface area contributed by atoms with Crippen LogP contribution in [0.1, 0.15) is 22.7 Å². The van der Waals surface area contributed by atoms with E-state index in [0.29, 0.717) is 6.04 Å². The average molecular weight is 274 g/mol. The van der Waals surface area contributed by atoms with E-state index in [0.717, 1.165) is 24.9 Å². The SMILES string of the molecule is c1ccc2c(c1)CCNC2Cc1ccnc2ccccc12. The molecule has 0 saturated heterocycles. The molecule has 0 amide bonds. The Kier molecular flexibility index (Phi) is 3.17. The van der Waals surface area contributed by atoms with Crippen LogP contribution in [0.2, 0.25) is 0 Å². The van der Waals surface area contributed by atoms with Crippen LogP contribution in [0, 0.1) is 0 Å². The van der Waals surface area contributed by atoms with Crippen LogP contribution in [0.25, 0.3) is 10.9 Å². The van der Waals surface area contributed by atoms with Gasteiger partial charge in [-0.2, -0.15) is 0 Å². The van der Waals surface area contributed by atoms with Gasteiger partial charge in [0.15, 0.2) is 0 Å². The monoisotopic (exact) mass is 274 g/mol. The summed E-state index contributed by atoms with van der Waals surface area (Å²) in [6.45, 7) is 1.06. The molecule has 2 nitrogen and oxygen atoms in total. The third-order valence-electron chi connectivity index (χ3n) is 4.38. The summed E-state index contributed by atoms with van der Waals surface area (Å²) in [7, 11) is 0. The van der Waals surface area contributed by atoms with Crippen LogP contribution < -0.4 is 5.32 Å². The van der Waals surface area contributed by atoms with E-state index in [2.05, 4.69) is 58.8 Å². The minimum atomic E-state index is 0.403. The second kappa shape index (κ2) is 5.30. The molecule has 21 heavy (non-hydrogen) atoms.